The average Bonchev–Trinajstić information content (AvgIpc) is 2.84. The van der Waals surface area contributed by atoms with Crippen LogP contribution in [0.15, 0.2) is 88.9 Å². The number of likely N-dealkylation sites (N-methyl/N-ethyl adjacent to an activating group) is 1. The molecule has 0 heterocycles. The lowest BCUT2D eigenvalue weighted by Crippen LogP contribution is -2.36. The number of nitrogens with zero attached hydrogens (tertiary/aromatic N) is 2. The molecule has 0 spiro atoms. The van der Waals surface area contributed by atoms with E-state index in [1.807, 2.05) is 30.3 Å². The van der Waals surface area contributed by atoms with E-state index in [9.17, 15) is 13.2 Å². The van der Waals surface area contributed by atoms with E-state index in [2.05, 4.69) is 10.5 Å². The third-order valence-electron chi connectivity index (χ3n) is 4.65. The minimum absolute atomic E-state index is 0.116. The Morgan fingerprint density at radius 2 is 1.67 bits per heavy atom. The van der Waals surface area contributed by atoms with Crippen molar-refractivity contribution in [3.63, 3.8) is 0 Å². The van der Waals surface area contributed by atoms with E-state index in [1.165, 1.54) is 32.5 Å². The van der Waals surface area contributed by atoms with E-state index in [-0.39, 0.29) is 11.4 Å². The molecule has 172 valence electrons. The summed E-state index contributed by atoms with van der Waals surface area (Å²) >= 11 is 0. The first kappa shape index (κ1) is 24.0. The number of rotatable bonds is 10. The molecule has 0 fully saturated rings. The Labute approximate surface area is 193 Å². The average molecular weight is 468 g/mol. The molecule has 33 heavy (non-hydrogen) atoms. The fourth-order valence-electron chi connectivity index (χ4n) is 2.89. The lowest BCUT2D eigenvalue weighted by molar-refractivity contribution is -0.121. The van der Waals surface area contributed by atoms with Crippen LogP contribution in [-0.2, 0) is 21.4 Å². The number of carbonyl (C=O) groups is 1. The van der Waals surface area contributed by atoms with Crippen LogP contribution >= 0.6 is 0 Å². The van der Waals surface area contributed by atoms with Gasteiger partial charge >= 0.3 is 0 Å². The zero-order valence-corrected chi connectivity index (χ0v) is 19.2. The number of ether oxygens (including phenoxy) is 2. The van der Waals surface area contributed by atoms with Gasteiger partial charge in [0, 0.05) is 7.05 Å². The molecule has 0 unspecified atom stereocenters. The molecule has 0 aliphatic carbocycles. The molecule has 0 saturated heterocycles. The number of sulfonamides is 1. The van der Waals surface area contributed by atoms with Crippen LogP contribution in [0.1, 0.15) is 11.1 Å². The summed E-state index contributed by atoms with van der Waals surface area (Å²) in [4.78, 5) is 12.3. The van der Waals surface area contributed by atoms with Gasteiger partial charge in [0.25, 0.3) is 5.91 Å². The molecule has 1 N–H and O–H groups in total. The summed E-state index contributed by atoms with van der Waals surface area (Å²) < 4.78 is 37.2. The van der Waals surface area contributed by atoms with Gasteiger partial charge in [0.1, 0.15) is 6.61 Å². The monoisotopic (exact) mass is 467 g/mol. The van der Waals surface area contributed by atoms with Crippen LogP contribution in [0.25, 0.3) is 0 Å². The van der Waals surface area contributed by atoms with E-state index in [4.69, 9.17) is 9.47 Å². The predicted octanol–water partition coefficient (Wildman–Crippen LogP) is 3.05. The van der Waals surface area contributed by atoms with Crippen molar-refractivity contribution in [2.24, 2.45) is 5.10 Å². The second kappa shape index (κ2) is 11.3. The maximum absolute atomic E-state index is 12.5. The Morgan fingerprint density at radius 3 is 2.33 bits per heavy atom. The first-order valence-corrected chi connectivity index (χ1v) is 11.5. The number of hydrogen-bond donors (Lipinski definition) is 1. The highest BCUT2D eigenvalue weighted by molar-refractivity contribution is 7.89. The zero-order valence-electron chi connectivity index (χ0n) is 18.3. The minimum atomic E-state index is -3.76. The molecular weight excluding hydrogens is 442 g/mol. The second-order valence-electron chi connectivity index (χ2n) is 7.05. The number of methoxy groups -OCH3 is 1. The van der Waals surface area contributed by atoms with Crippen molar-refractivity contribution < 1.29 is 22.7 Å². The van der Waals surface area contributed by atoms with Gasteiger partial charge in [-0.1, -0.05) is 48.5 Å². The van der Waals surface area contributed by atoms with Gasteiger partial charge in [-0.25, -0.2) is 13.8 Å². The second-order valence-corrected chi connectivity index (χ2v) is 9.10. The number of carbonyl (C=O) groups excluding carboxylic acids is 1. The van der Waals surface area contributed by atoms with Gasteiger partial charge in [-0.2, -0.15) is 9.41 Å². The minimum Gasteiger partial charge on any atom is -0.493 e. The van der Waals surface area contributed by atoms with Gasteiger partial charge in [0.05, 0.1) is 24.8 Å². The fourth-order valence-corrected chi connectivity index (χ4v) is 4.04. The number of hydrogen-bond acceptors (Lipinski definition) is 6. The molecule has 0 atom stereocenters. The van der Waals surface area contributed by atoms with Gasteiger partial charge in [0.15, 0.2) is 11.5 Å². The Kier molecular flexibility index (Phi) is 8.17. The lowest BCUT2D eigenvalue weighted by atomic mass is 10.2. The normalized spacial score (nSPS) is 11.5. The quantitative estimate of drug-likeness (QED) is 0.365. The van der Waals surface area contributed by atoms with E-state index >= 15 is 0 Å². The van der Waals surface area contributed by atoms with Crippen LogP contribution in [-0.4, -0.2) is 45.5 Å². The summed E-state index contributed by atoms with van der Waals surface area (Å²) in [6.45, 7) is 0.0320. The van der Waals surface area contributed by atoms with E-state index in [0.29, 0.717) is 23.7 Å². The highest BCUT2D eigenvalue weighted by Gasteiger charge is 2.22. The summed E-state index contributed by atoms with van der Waals surface area (Å²) in [5.74, 6) is 0.535. The van der Waals surface area contributed by atoms with Crippen molar-refractivity contribution in [1.82, 2.24) is 9.73 Å². The van der Waals surface area contributed by atoms with Crippen LogP contribution < -0.4 is 14.9 Å². The summed E-state index contributed by atoms with van der Waals surface area (Å²) in [5.41, 5.74) is 4.04. The topological polar surface area (TPSA) is 97.3 Å². The third-order valence-corrected chi connectivity index (χ3v) is 6.46. The molecule has 3 rings (SSSR count). The van der Waals surface area contributed by atoms with E-state index < -0.39 is 15.9 Å². The third kappa shape index (κ3) is 6.64. The molecule has 0 bridgehead atoms. The standard InChI is InChI=1S/C24H25N3O5S/c1-27(33(29,30)21-11-7-4-8-12-21)17-24(28)26-25-16-20-13-14-22(23(15-20)31-2)32-18-19-9-5-3-6-10-19/h3-16H,17-18H2,1-2H3,(H,26,28)/b25-16-. The van der Waals surface area contributed by atoms with Crippen LogP contribution in [0.5, 0.6) is 11.5 Å². The van der Waals surface area contributed by atoms with Crippen molar-refractivity contribution in [2.75, 3.05) is 20.7 Å². The van der Waals surface area contributed by atoms with Crippen molar-refractivity contribution in [3.05, 3.63) is 90.0 Å². The van der Waals surface area contributed by atoms with Crippen LogP contribution in [0.3, 0.4) is 0 Å². The number of benzene rings is 3. The molecule has 0 aromatic heterocycles. The summed E-state index contributed by atoms with van der Waals surface area (Å²) in [7, 11) is -0.884. The SMILES string of the molecule is COc1cc(/C=N\NC(=O)CN(C)S(=O)(=O)c2ccccc2)ccc1OCc1ccccc1. The highest BCUT2D eigenvalue weighted by Crippen LogP contribution is 2.28. The lowest BCUT2D eigenvalue weighted by Gasteiger charge is -2.15. The molecule has 0 radical (unpaired) electrons. The Bertz CT molecular complexity index is 1200. The first-order valence-electron chi connectivity index (χ1n) is 10.1. The fraction of sp³-hybridized carbons (Fsp3) is 0.167. The molecule has 3 aromatic rings. The molecular formula is C24H25N3O5S. The summed E-state index contributed by atoms with van der Waals surface area (Å²) in [6, 6.07) is 22.9. The molecule has 3 aromatic carbocycles. The molecule has 1 amide bonds. The first-order chi connectivity index (χ1) is 15.9. The van der Waals surface area contributed by atoms with Gasteiger partial charge < -0.3 is 9.47 Å². The van der Waals surface area contributed by atoms with Crippen LogP contribution in [0, 0.1) is 0 Å². The van der Waals surface area contributed by atoms with Gasteiger partial charge in [-0.05, 0) is 41.5 Å². The molecule has 0 aliphatic rings. The van der Waals surface area contributed by atoms with Gasteiger partial charge in [0.2, 0.25) is 10.0 Å². The van der Waals surface area contributed by atoms with Crippen molar-refractivity contribution in [1.29, 1.82) is 0 Å². The van der Waals surface area contributed by atoms with Crippen molar-refractivity contribution >= 4 is 22.1 Å². The van der Waals surface area contributed by atoms with E-state index in [1.54, 1.807) is 36.4 Å². The highest BCUT2D eigenvalue weighted by atomic mass is 32.2. The number of amides is 1. The zero-order chi connectivity index (χ0) is 23.7. The molecule has 0 aliphatic heterocycles. The largest absolute Gasteiger partial charge is 0.493 e. The summed E-state index contributed by atoms with van der Waals surface area (Å²) in [5, 5.41) is 3.91. The molecule has 0 saturated carbocycles. The Balaban J connectivity index is 1.56. The Morgan fingerprint density at radius 1 is 1.00 bits per heavy atom. The maximum Gasteiger partial charge on any atom is 0.255 e. The van der Waals surface area contributed by atoms with Crippen molar-refractivity contribution in [2.45, 2.75) is 11.5 Å². The van der Waals surface area contributed by atoms with Gasteiger partial charge in [-0.3, -0.25) is 4.79 Å². The van der Waals surface area contributed by atoms with Crippen LogP contribution in [0.4, 0.5) is 0 Å². The maximum atomic E-state index is 12.5. The van der Waals surface area contributed by atoms with E-state index in [0.717, 1.165) is 9.87 Å². The Hall–Kier alpha value is -3.69. The smallest absolute Gasteiger partial charge is 0.255 e. The van der Waals surface area contributed by atoms with Crippen molar-refractivity contribution in [3.8, 4) is 11.5 Å². The summed E-state index contributed by atoms with van der Waals surface area (Å²) in [6.07, 6.45) is 1.44. The van der Waals surface area contributed by atoms with Crippen LogP contribution in [0.2, 0.25) is 0 Å². The molecule has 8 nitrogen and oxygen atoms in total. The molecule has 9 heteroatoms. The number of hydrazone groups is 1. The predicted molar refractivity (Wildman–Crippen MR) is 126 cm³/mol. The number of nitrogens with one attached hydrogen (secondary N) is 1. The van der Waals surface area contributed by atoms with Gasteiger partial charge in [-0.15, -0.1) is 0 Å².